The number of likely N-dealkylation sites (tertiary alicyclic amines) is 1. The average Bonchev–Trinajstić information content (AvgIpc) is 2.54. The minimum Gasteiger partial charge on any atom is -0.377 e. The Labute approximate surface area is 87.9 Å². The fourth-order valence-electron chi connectivity index (χ4n) is 1.76. The van der Waals surface area contributed by atoms with Gasteiger partial charge in [0.2, 0.25) is 0 Å². The molecule has 2 rings (SSSR count). The van der Waals surface area contributed by atoms with E-state index >= 15 is 0 Å². The fourth-order valence-corrected chi connectivity index (χ4v) is 2.15. The molecule has 0 aromatic rings. The van der Waals surface area contributed by atoms with Crippen LogP contribution in [0.25, 0.3) is 0 Å². The summed E-state index contributed by atoms with van der Waals surface area (Å²) in [5, 5.41) is 0. The molecule has 0 spiro atoms. The molecule has 0 bridgehead atoms. The van der Waals surface area contributed by atoms with Crippen molar-refractivity contribution in [2.24, 2.45) is 0 Å². The van der Waals surface area contributed by atoms with Crippen molar-refractivity contribution < 1.29 is 0 Å². The first-order valence-corrected chi connectivity index (χ1v) is 5.66. The van der Waals surface area contributed by atoms with Crippen LogP contribution in [0.4, 0.5) is 0 Å². The van der Waals surface area contributed by atoms with Crippen LogP contribution in [-0.4, -0.2) is 18.0 Å². The second-order valence-corrected chi connectivity index (χ2v) is 4.41. The van der Waals surface area contributed by atoms with Gasteiger partial charge >= 0.3 is 0 Å². The normalized spacial score (nSPS) is 25.5. The van der Waals surface area contributed by atoms with Gasteiger partial charge in [-0.25, -0.2) is 0 Å². The predicted molar refractivity (Wildman–Crippen MR) is 59.7 cm³/mol. The molecule has 0 radical (unpaired) electrons. The van der Waals surface area contributed by atoms with Gasteiger partial charge in [-0.05, 0) is 25.3 Å². The molecule has 13 heavy (non-hydrogen) atoms. The van der Waals surface area contributed by atoms with Crippen LogP contribution in [0.3, 0.4) is 0 Å². The van der Waals surface area contributed by atoms with Crippen molar-refractivity contribution in [2.75, 3.05) is 13.1 Å². The second kappa shape index (κ2) is 4.14. The van der Waals surface area contributed by atoms with E-state index < -0.39 is 0 Å². The maximum Gasteiger partial charge on any atom is 0.0262 e. The van der Waals surface area contributed by atoms with E-state index in [2.05, 4.69) is 45.3 Å². The molecular formula is C11H14BrN. The third-order valence-electron chi connectivity index (χ3n) is 2.51. The van der Waals surface area contributed by atoms with Crippen molar-refractivity contribution in [3.63, 3.8) is 0 Å². The highest BCUT2D eigenvalue weighted by Crippen LogP contribution is 2.24. The molecule has 1 heterocycles. The van der Waals surface area contributed by atoms with E-state index in [-0.39, 0.29) is 0 Å². The first-order chi connectivity index (χ1) is 6.36. The third-order valence-corrected chi connectivity index (χ3v) is 3.23. The van der Waals surface area contributed by atoms with Crippen LogP contribution in [0.1, 0.15) is 19.3 Å². The molecule has 1 fully saturated rings. The van der Waals surface area contributed by atoms with Gasteiger partial charge in [0, 0.05) is 29.3 Å². The third kappa shape index (κ3) is 2.25. The summed E-state index contributed by atoms with van der Waals surface area (Å²) in [4.78, 5) is 2.42. The van der Waals surface area contributed by atoms with Crippen molar-refractivity contribution in [3.8, 4) is 0 Å². The number of piperidine rings is 1. The Kier molecular flexibility index (Phi) is 2.89. The highest BCUT2D eigenvalue weighted by molar-refractivity contribution is 9.12. The predicted octanol–water partition coefficient (Wildman–Crippen LogP) is 3.20. The Morgan fingerprint density at radius 2 is 2.00 bits per heavy atom. The summed E-state index contributed by atoms with van der Waals surface area (Å²) in [6, 6.07) is 0. The fraction of sp³-hybridized carbons (Fsp3) is 0.455. The summed E-state index contributed by atoms with van der Waals surface area (Å²) in [5.41, 5.74) is 1.31. The van der Waals surface area contributed by atoms with E-state index in [9.17, 15) is 0 Å². The molecule has 0 N–H and O–H groups in total. The van der Waals surface area contributed by atoms with Crippen LogP contribution in [0.2, 0.25) is 0 Å². The molecule has 2 heteroatoms. The van der Waals surface area contributed by atoms with Crippen LogP contribution in [-0.2, 0) is 0 Å². The molecule has 0 atom stereocenters. The lowest BCUT2D eigenvalue weighted by molar-refractivity contribution is 0.308. The van der Waals surface area contributed by atoms with Crippen LogP contribution in [0.15, 0.2) is 34.5 Å². The molecular weight excluding hydrogens is 226 g/mol. The summed E-state index contributed by atoms with van der Waals surface area (Å²) < 4.78 is 1.21. The molecule has 1 aliphatic heterocycles. The van der Waals surface area contributed by atoms with Gasteiger partial charge in [-0.1, -0.05) is 28.1 Å². The Morgan fingerprint density at radius 3 is 2.62 bits per heavy atom. The summed E-state index contributed by atoms with van der Waals surface area (Å²) in [7, 11) is 0. The number of nitrogens with zero attached hydrogens (tertiary/aromatic N) is 1. The van der Waals surface area contributed by atoms with Crippen molar-refractivity contribution in [1.29, 1.82) is 0 Å². The van der Waals surface area contributed by atoms with E-state index in [1.807, 2.05) is 0 Å². The number of hydrogen-bond donors (Lipinski definition) is 0. The van der Waals surface area contributed by atoms with Crippen LogP contribution in [0.5, 0.6) is 0 Å². The van der Waals surface area contributed by atoms with Gasteiger partial charge in [-0.15, -0.1) is 0 Å². The zero-order valence-corrected chi connectivity index (χ0v) is 9.26. The van der Waals surface area contributed by atoms with Crippen LogP contribution >= 0.6 is 15.9 Å². The van der Waals surface area contributed by atoms with Gasteiger partial charge in [-0.2, -0.15) is 0 Å². The summed E-state index contributed by atoms with van der Waals surface area (Å²) in [5.74, 6) is 0. The standard InChI is InChI=1S/C11H14BrN/c12-11-6-4-5-10(11)9-13-7-2-1-3-8-13/h4-6,9H,1-3,7-8H2. The highest BCUT2D eigenvalue weighted by atomic mass is 79.9. The Balaban J connectivity index is 2.02. The van der Waals surface area contributed by atoms with Crippen molar-refractivity contribution in [2.45, 2.75) is 19.3 Å². The van der Waals surface area contributed by atoms with Crippen molar-refractivity contribution in [1.82, 2.24) is 4.90 Å². The maximum absolute atomic E-state index is 3.54. The molecule has 0 unspecified atom stereocenters. The number of rotatable bonds is 1. The van der Waals surface area contributed by atoms with E-state index in [0.29, 0.717) is 0 Å². The Bertz CT molecular complexity index is 270. The van der Waals surface area contributed by atoms with Crippen LogP contribution < -0.4 is 0 Å². The topological polar surface area (TPSA) is 3.24 Å². The van der Waals surface area contributed by atoms with Crippen molar-refractivity contribution >= 4 is 15.9 Å². The largest absolute Gasteiger partial charge is 0.377 e. The Morgan fingerprint density at radius 1 is 1.23 bits per heavy atom. The summed E-state index contributed by atoms with van der Waals surface area (Å²) in [6.07, 6.45) is 12.7. The first-order valence-electron chi connectivity index (χ1n) is 4.86. The lowest BCUT2D eigenvalue weighted by Crippen LogP contribution is -2.24. The van der Waals surface area contributed by atoms with Gasteiger partial charge in [-0.3, -0.25) is 0 Å². The number of halogens is 1. The quantitative estimate of drug-likeness (QED) is 0.680. The van der Waals surface area contributed by atoms with E-state index in [0.717, 1.165) is 0 Å². The second-order valence-electron chi connectivity index (χ2n) is 3.55. The minimum absolute atomic E-state index is 1.21. The first kappa shape index (κ1) is 9.07. The SMILES string of the molecule is BrC1=CC=CC1=CN1CCCCC1. The molecule has 2 aliphatic rings. The molecule has 0 saturated carbocycles. The summed E-state index contributed by atoms with van der Waals surface area (Å²) >= 11 is 3.54. The van der Waals surface area contributed by atoms with E-state index in [4.69, 9.17) is 0 Å². The van der Waals surface area contributed by atoms with Gasteiger partial charge in [0.25, 0.3) is 0 Å². The zero-order valence-electron chi connectivity index (χ0n) is 7.67. The molecule has 0 aromatic carbocycles. The molecule has 0 aromatic heterocycles. The highest BCUT2D eigenvalue weighted by Gasteiger charge is 2.09. The van der Waals surface area contributed by atoms with Crippen molar-refractivity contribution in [3.05, 3.63) is 34.5 Å². The molecule has 1 saturated heterocycles. The monoisotopic (exact) mass is 239 g/mol. The van der Waals surface area contributed by atoms with E-state index in [1.165, 1.54) is 42.4 Å². The maximum atomic E-state index is 3.54. The lowest BCUT2D eigenvalue weighted by atomic mass is 10.1. The van der Waals surface area contributed by atoms with Crippen LogP contribution in [0, 0.1) is 0 Å². The molecule has 70 valence electrons. The minimum atomic E-state index is 1.21. The number of hydrogen-bond acceptors (Lipinski definition) is 1. The van der Waals surface area contributed by atoms with Gasteiger partial charge < -0.3 is 4.90 Å². The smallest absolute Gasteiger partial charge is 0.0262 e. The van der Waals surface area contributed by atoms with E-state index in [1.54, 1.807) is 0 Å². The molecule has 1 nitrogen and oxygen atoms in total. The average molecular weight is 240 g/mol. The molecule has 1 aliphatic carbocycles. The summed E-state index contributed by atoms with van der Waals surface area (Å²) in [6.45, 7) is 2.44. The van der Waals surface area contributed by atoms with Gasteiger partial charge in [0.1, 0.15) is 0 Å². The zero-order chi connectivity index (χ0) is 9.10. The molecule has 0 amide bonds. The Hall–Kier alpha value is -0.500. The lowest BCUT2D eigenvalue weighted by Gasteiger charge is -2.25. The number of allylic oxidation sites excluding steroid dienone is 5. The van der Waals surface area contributed by atoms with Gasteiger partial charge in [0.15, 0.2) is 0 Å². The van der Waals surface area contributed by atoms with Gasteiger partial charge in [0.05, 0.1) is 0 Å².